The van der Waals surface area contributed by atoms with E-state index in [1.54, 1.807) is 0 Å². The molecule has 0 bridgehead atoms. The van der Waals surface area contributed by atoms with Crippen molar-refractivity contribution in [3.63, 3.8) is 0 Å². The molecule has 2 amide bonds. The molecule has 2 heterocycles. The monoisotopic (exact) mass is 367 g/mol. The summed E-state index contributed by atoms with van der Waals surface area (Å²) in [5.74, 6) is 0.352. The van der Waals surface area contributed by atoms with Crippen molar-refractivity contribution in [3.05, 3.63) is 29.0 Å². The number of aromatic nitrogens is 4. The second kappa shape index (κ2) is 7.64. The lowest BCUT2D eigenvalue weighted by atomic mass is 10.0. The number of anilines is 2. The van der Waals surface area contributed by atoms with Crippen LogP contribution in [0.25, 0.3) is 0 Å². The third-order valence-corrected chi connectivity index (χ3v) is 4.39. The van der Waals surface area contributed by atoms with Gasteiger partial charge in [0.05, 0.1) is 5.69 Å². The fraction of sp³-hybridized carbons (Fsp3) is 0.467. The molecule has 1 aromatic carbocycles. The minimum Gasteiger partial charge on any atom is -0.336 e. The van der Waals surface area contributed by atoms with Crippen LogP contribution >= 0.6 is 11.6 Å². The molecule has 0 aliphatic carbocycles. The van der Waals surface area contributed by atoms with E-state index in [-0.39, 0.29) is 16.8 Å². The second-order valence-corrected chi connectivity index (χ2v) is 6.64. The summed E-state index contributed by atoms with van der Waals surface area (Å²) < 4.78 is 13.8. The van der Waals surface area contributed by atoms with Gasteiger partial charge in [-0.15, -0.1) is 5.10 Å². The van der Waals surface area contributed by atoms with E-state index >= 15 is 0 Å². The van der Waals surface area contributed by atoms with E-state index in [1.807, 2.05) is 4.90 Å². The predicted molar refractivity (Wildman–Crippen MR) is 92.1 cm³/mol. The summed E-state index contributed by atoms with van der Waals surface area (Å²) in [6.07, 6.45) is 1.77. The van der Waals surface area contributed by atoms with Crippen LogP contribution in [-0.4, -0.2) is 45.8 Å². The zero-order valence-corrected chi connectivity index (χ0v) is 14.4. The lowest BCUT2D eigenvalue weighted by molar-refractivity contribution is 0.247. The van der Waals surface area contributed by atoms with Gasteiger partial charge in [-0.2, -0.15) is 5.21 Å². The van der Waals surface area contributed by atoms with Crippen LogP contribution in [0.2, 0.25) is 5.02 Å². The highest BCUT2D eigenvalue weighted by Crippen LogP contribution is 2.21. The summed E-state index contributed by atoms with van der Waals surface area (Å²) >= 11 is 5.71. The Balaban J connectivity index is 1.64. The van der Waals surface area contributed by atoms with E-state index in [1.165, 1.54) is 12.1 Å². The Morgan fingerprint density at radius 3 is 3.04 bits per heavy atom. The highest BCUT2D eigenvalue weighted by molar-refractivity contribution is 6.30. The number of urea groups is 1. The fourth-order valence-corrected chi connectivity index (χ4v) is 3.08. The third kappa shape index (κ3) is 4.56. The molecule has 2 aromatic rings. The lowest BCUT2D eigenvalue weighted by Gasteiger charge is -2.23. The molecule has 0 saturated carbocycles. The molecule has 2 unspecified atom stereocenters. The van der Waals surface area contributed by atoms with Gasteiger partial charge in [-0.25, -0.2) is 9.18 Å². The molecule has 134 valence electrons. The maximum atomic E-state index is 13.8. The maximum absolute atomic E-state index is 13.8. The van der Waals surface area contributed by atoms with Crippen LogP contribution in [-0.2, 0) is 0 Å². The number of carbonyl (C=O) groups is 1. The first-order valence-electron chi connectivity index (χ1n) is 8.02. The number of H-pyrrole nitrogens is 1. The first-order valence-corrected chi connectivity index (χ1v) is 8.40. The fourth-order valence-electron chi connectivity index (χ4n) is 2.92. The number of rotatable bonds is 3. The van der Waals surface area contributed by atoms with Gasteiger partial charge in [-0.05, 0) is 42.2 Å². The van der Waals surface area contributed by atoms with E-state index in [0.717, 1.165) is 25.5 Å². The van der Waals surface area contributed by atoms with Gasteiger partial charge in [0.15, 0.2) is 0 Å². The molecule has 1 aromatic heterocycles. The summed E-state index contributed by atoms with van der Waals surface area (Å²) in [5, 5.41) is 19.7. The number of carbonyl (C=O) groups excluding carboxylic acids is 1. The molecule has 1 aliphatic heterocycles. The van der Waals surface area contributed by atoms with Crippen molar-refractivity contribution in [1.29, 1.82) is 0 Å². The average Bonchev–Trinajstić information content (AvgIpc) is 3.02. The Kier molecular flexibility index (Phi) is 5.32. The first-order chi connectivity index (χ1) is 12.0. The molecule has 3 rings (SSSR count). The number of aromatic amines is 1. The van der Waals surface area contributed by atoms with Crippen molar-refractivity contribution >= 4 is 29.3 Å². The number of amides is 2. The number of hydrogen-bond donors (Lipinski definition) is 3. The van der Waals surface area contributed by atoms with Crippen LogP contribution in [0.5, 0.6) is 0 Å². The Hall–Kier alpha value is -2.42. The normalized spacial score (nSPS) is 20.8. The Morgan fingerprint density at radius 1 is 1.48 bits per heavy atom. The number of benzene rings is 1. The summed E-state index contributed by atoms with van der Waals surface area (Å²) in [6, 6.07) is 3.52. The molecule has 10 heteroatoms. The van der Waals surface area contributed by atoms with Crippen molar-refractivity contribution in [2.24, 2.45) is 5.92 Å². The van der Waals surface area contributed by atoms with E-state index in [4.69, 9.17) is 11.6 Å². The maximum Gasteiger partial charge on any atom is 0.319 e. The molecule has 1 aliphatic rings. The number of nitrogens with zero attached hydrogens (tertiary/aromatic N) is 4. The van der Waals surface area contributed by atoms with Gasteiger partial charge in [0.1, 0.15) is 5.82 Å². The highest BCUT2D eigenvalue weighted by atomic mass is 35.5. The SMILES string of the molecule is CC1CCN(c2nn[nH]n2)CC(NC(=O)Nc2ccc(Cl)cc2F)C1. The van der Waals surface area contributed by atoms with Gasteiger partial charge in [0.2, 0.25) is 0 Å². The molecule has 1 saturated heterocycles. The molecular weight excluding hydrogens is 349 g/mol. The molecule has 8 nitrogen and oxygen atoms in total. The zero-order chi connectivity index (χ0) is 17.8. The molecule has 0 spiro atoms. The number of tetrazole rings is 1. The topological polar surface area (TPSA) is 98.8 Å². The molecule has 3 N–H and O–H groups in total. The van der Waals surface area contributed by atoms with Crippen LogP contribution in [0.15, 0.2) is 18.2 Å². The molecular formula is C15H19ClFN7O. The van der Waals surface area contributed by atoms with Crippen LogP contribution < -0.4 is 15.5 Å². The Bertz CT molecular complexity index is 727. The van der Waals surface area contributed by atoms with E-state index in [2.05, 4.69) is 38.2 Å². The van der Waals surface area contributed by atoms with E-state index in [0.29, 0.717) is 18.4 Å². The summed E-state index contributed by atoms with van der Waals surface area (Å²) in [6.45, 7) is 3.47. The molecule has 1 fully saturated rings. The van der Waals surface area contributed by atoms with Crippen LogP contribution in [0.4, 0.5) is 20.8 Å². The van der Waals surface area contributed by atoms with E-state index in [9.17, 15) is 9.18 Å². The summed E-state index contributed by atoms with van der Waals surface area (Å²) in [4.78, 5) is 14.2. The minimum absolute atomic E-state index is 0.0820. The lowest BCUT2D eigenvalue weighted by Crippen LogP contribution is -2.45. The predicted octanol–water partition coefficient (Wildman–Crippen LogP) is 2.42. The summed E-state index contributed by atoms with van der Waals surface area (Å²) in [5.41, 5.74) is 0.0820. The van der Waals surface area contributed by atoms with Crippen LogP contribution in [0.3, 0.4) is 0 Å². The quantitative estimate of drug-likeness (QED) is 0.773. The van der Waals surface area contributed by atoms with Crippen molar-refractivity contribution in [2.75, 3.05) is 23.3 Å². The third-order valence-electron chi connectivity index (χ3n) is 4.15. The second-order valence-electron chi connectivity index (χ2n) is 6.21. The van der Waals surface area contributed by atoms with Crippen molar-refractivity contribution in [2.45, 2.75) is 25.8 Å². The standard InChI is InChI=1S/C15H19ClFN7O/c1-9-4-5-24(14-20-22-23-21-14)8-11(6-9)18-15(25)19-13-3-2-10(16)7-12(13)17/h2-3,7,9,11H,4-6,8H2,1H3,(H2,18,19,25)(H,20,21,22,23). The highest BCUT2D eigenvalue weighted by Gasteiger charge is 2.25. The van der Waals surface area contributed by atoms with Crippen LogP contribution in [0, 0.1) is 11.7 Å². The number of nitrogens with one attached hydrogen (secondary N) is 3. The van der Waals surface area contributed by atoms with Gasteiger partial charge in [-0.1, -0.05) is 23.6 Å². The van der Waals surface area contributed by atoms with Crippen molar-refractivity contribution < 1.29 is 9.18 Å². The van der Waals surface area contributed by atoms with Gasteiger partial charge in [-0.3, -0.25) is 0 Å². The first kappa shape index (κ1) is 17.4. The Labute approximate surface area is 149 Å². The van der Waals surface area contributed by atoms with Gasteiger partial charge < -0.3 is 15.5 Å². The van der Waals surface area contributed by atoms with Crippen molar-refractivity contribution in [3.8, 4) is 0 Å². The van der Waals surface area contributed by atoms with Crippen LogP contribution in [0.1, 0.15) is 19.8 Å². The minimum atomic E-state index is -0.578. The molecule has 25 heavy (non-hydrogen) atoms. The molecule has 0 radical (unpaired) electrons. The van der Waals surface area contributed by atoms with Gasteiger partial charge in [0.25, 0.3) is 5.95 Å². The summed E-state index contributed by atoms with van der Waals surface area (Å²) in [7, 11) is 0. The smallest absolute Gasteiger partial charge is 0.319 e. The number of hydrogen-bond acceptors (Lipinski definition) is 5. The van der Waals surface area contributed by atoms with Crippen molar-refractivity contribution in [1.82, 2.24) is 25.9 Å². The van der Waals surface area contributed by atoms with Gasteiger partial charge >= 0.3 is 6.03 Å². The van der Waals surface area contributed by atoms with E-state index < -0.39 is 11.8 Å². The molecule has 2 atom stereocenters. The van der Waals surface area contributed by atoms with Gasteiger partial charge in [0, 0.05) is 24.2 Å². The Morgan fingerprint density at radius 2 is 2.32 bits per heavy atom. The zero-order valence-electron chi connectivity index (χ0n) is 13.7. The number of halogens is 2. The average molecular weight is 368 g/mol. The largest absolute Gasteiger partial charge is 0.336 e.